The molecule has 6 atom stereocenters. The van der Waals surface area contributed by atoms with Gasteiger partial charge in [0.1, 0.15) is 5.58 Å². The zero-order valence-corrected chi connectivity index (χ0v) is 68.5. The fourth-order valence-corrected chi connectivity index (χ4v) is 23.2. The van der Waals surface area contributed by atoms with Crippen LogP contribution in [0.15, 0.2) is 463 Å². The van der Waals surface area contributed by atoms with Crippen LogP contribution in [0.25, 0.3) is 154 Å². The Morgan fingerprint density at radius 1 is 0.357 bits per heavy atom. The van der Waals surface area contributed by atoms with Crippen LogP contribution in [0.1, 0.15) is 28.2 Å². The Balaban J connectivity index is 0.713. The van der Waals surface area contributed by atoms with Crippen LogP contribution in [-0.4, -0.2) is 22.1 Å². The van der Waals surface area contributed by atoms with Crippen molar-refractivity contribution in [2.75, 3.05) is 14.7 Å². The van der Waals surface area contributed by atoms with Gasteiger partial charge in [-0.05, 0) is 228 Å². The Morgan fingerprint density at radius 2 is 0.976 bits per heavy atom. The molecule has 18 aromatic rings. The van der Waals surface area contributed by atoms with Crippen LogP contribution in [0.4, 0.5) is 28.4 Å². The minimum atomic E-state index is -0.321. The molecule has 0 radical (unpaired) electrons. The zero-order valence-electron chi connectivity index (χ0n) is 68.5. The van der Waals surface area contributed by atoms with Gasteiger partial charge >= 0.3 is 0 Å². The van der Waals surface area contributed by atoms with Crippen molar-refractivity contribution < 1.29 is 8.83 Å². The number of furan rings is 2. The topological polar surface area (TPSA) is 61.8 Å². The summed E-state index contributed by atoms with van der Waals surface area (Å²) in [4.78, 5) is 18.1. The Labute approximate surface area is 727 Å². The highest BCUT2D eigenvalue weighted by Gasteiger charge is 2.63. The Morgan fingerprint density at radius 3 is 1.75 bits per heavy atom. The number of fused-ring (bicyclic) bond motifs is 16. The molecule has 1 spiro atoms. The molecule has 0 fully saturated rings. The first-order valence-electron chi connectivity index (χ1n) is 43.9. The van der Waals surface area contributed by atoms with Gasteiger partial charge in [-0.2, -0.15) is 0 Å². The van der Waals surface area contributed by atoms with Gasteiger partial charge in [0.2, 0.25) is 0 Å². The molecule has 126 heavy (non-hydrogen) atoms. The fraction of sp³-hybridized carbons (Fsp3) is 0.0588. The molecule has 15 aromatic carbocycles. The summed E-state index contributed by atoms with van der Waals surface area (Å²) in [6, 6.07) is 100. The Kier molecular flexibility index (Phi) is 15.4. The second-order valence-electron chi connectivity index (χ2n) is 34.8. The highest BCUT2D eigenvalue weighted by molar-refractivity contribution is 6.39. The van der Waals surface area contributed by atoms with E-state index >= 15 is 0 Å². The lowest BCUT2D eigenvalue weighted by Crippen LogP contribution is -2.42. The van der Waals surface area contributed by atoms with E-state index in [-0.39, 0.29) is 41.2 Å². The SMILES string of the molecule is C1=CC2=C3C=CC=CC3C3(c4cccc(N(c5ccc(-c6ccccc6)cc5)c5ccc6c7ccc(N8C=CC=C9C(c%10ccc%11ccccc%11c%10)=CC=CC98)c8oc9c(N%10C=CC=C%11C=C(c%12ccccc%12-c%12ccccc%12)C=CC%11%10)ccc(c%10cc(-c%11cnc(-c%12cccc%13cc%14ccccc%14cc%12%13)nc%11)cc%11oc5c6c%11%10)c9c87)c4C4C=CC=CC43)C2C=C1. The minimum Gasteiger partial charge on any atom is -0.454 e. The Hall–Kier alpha value is -16.0. The van der Waals surface area contributed by atoms with E-state index in [1.165, 1.54) is 82.8 Å². The Bertz CT molecular complexity index is 8270. The summed E-state index contributed by atoms with van der Waals surface area (Å²) in [5.41, 5.74) is 27.8. The number of nitrogens with zero attached hydrogens (tertiary/aromatic N) is 5. The van der Waals surface area contributed by atoms with Gasteiger partial charge in [0.05, 0.1) is 34.8 Å². The summed E-state index contributed by atoms with van der Waals surface area (Å²) in [5, 5.41) is 15.2. The molecule has 7 aliphatic carbocycles. The second-order valence-corrected chi connectivity index (χ2v) is 34.8. The van der Waals surface area contributed by atoms with Crippen molar-refractivity contribution >= 4 is 137 Å². The quantitative estimate of drug-likeness (QED) is 0.120. The van der Waals surface area contributed by atoms with Crippen molar-refractivity contribution in [3.05, 3.63) is 476 Å². The van der Waals surface area contributed by atoms with Gasteiger partial charge in [-0.3, -0.25) is 0 Å². The zero-order chi connectivity index (χ0) is 82.4. The maximum atomic E-state index is 8.16. The number of hydrogen-bond donors (Lipinski definition) is 0. The van der Waals surface area contributed by atoms with E-state index in [1.54, 1.807) is 0 Å². The predicted octanol–water partition coefficient (Wildman–Crippen LogP) is 30.1. The van der Waals surface area contributed by atoms with Crippen LogP contribution in [0.2, 0.25) is 0 Å². The van der Waals surface area contributed by atoms with Crippen LogP contribution >= 0.6 is 0 Å². The molecule has 27 rings (SSSR count). The molecule has 5 heterocycles. The van der Waals surface area contributed by atoms with Gasteiger partial charge in [0.15, 0.2) is 22.6 Å². The molecule has 6 unspecified atom stereocenters. The molecule has 2 aliphatic heterocycles. The first-order chi connectivity index (χ1) is 62.5. The van der Waals surface area contributed by atoms with Gasteiger partial charge in [0, 0.05) is 86.3 Å². The lowest BCUT2D eigenvalue weighted by molar-refractivity contribution is 0.248. The number of allylic oxidation sites excluding steroid dienone is 22. The van der Waals surface area contributed by atoms with Crippen LogP contribution < -0.4 is 14.7 Å². The third-order valence-corrected chi connectivity index (χ3v) is 28.6. The summed E-state index contributed by atoms with van der Waals surface area (Å²) in [6.07, 6.45) is 59.9. The van der Waals surface area contributed by atoms with Gasteiger partial charge in [0.25, 0.3) is 0 Å². The van der Waals surface area contributed by atoms with Gasteiger partial charge < -0.3 is 23.5 Å². The van der Waals surface area contributed by atoms with Gasteiger partial charge in [-0.1, -0.05) is 322 Å². The molecule has 0 saturated heterocycles. The first-order valence-corrected chi connectivity index (χ1v) is 43.9. The molecule has 0 N–H and O–H groups in total. The van der Waals surface area contributed by atoms with E-state index in [2.05, 4.69) is 434 Å². The maximum absolute atomic E-state index is 8.16. The largest absolute Gasteiger partial charge is 0.454 e. The first kappa shape index (κ1) is 70.7. The molecular formula is C119H77N5O2. The van der Waals surface area contributed by atoms with Crippen molar-refractivity contribution in [1.82, 2.24) is 9.97 Å². The summed E-state index contributed by atoms with van der Waals surface area (Å²) >= 11 is 0. The van der Waals surface area contributed by atoms with E-state index in [0.717, 1.165) is 138 Å². The van der Waals surface area contributed by atoms with Crippen LogP contribution in [-0.2, 0) is 5.41 Å². The lowest BCUT2D eigenvalue weighted by atomic mass is 9.58. The smallest absolute Gasteiger partial charge is 0.160 e. The van der Waals surface area contributed by atoms with Crippen molar-refractivity contribution in [2.45, 2.75) is 23.4 Å². The number of aromatic nitrogens is 2. The summed E-state index contributed by atoms with van der Waals surface area (Å²) in [6.45, 7) is 0. The lowest BCUT2D eigenvalue weighted by Gasteiger charge is -2.43. The van der Waals surface area contributed by atoms with Crippen molar-refractivity contribution in [2.24, 2.45) is 17.8 Å². The van der Waals surface area contributed by atoms with E-state index in [9.17, 15) is 0 Å². The number of anilines is 5. The third-order valence-electron chi connectivity index (χ3n) is 28.6. The normalized spacial score (nSPS) is 20.4. The van der Waals surface area contributed by atoms with E-state index in [1.807, 2.05) is 12.4 Å². The average molecular weight is 1610 g/mol. The molecule has 0 bridgehead atoms. The van der Waals surface area contributed by atoms with Crippen LogP contribution in [0, 0.1) is 17.8 Å². The fourth-order valence-electron chi connectivity index (χ4n) is 23.2. The number of benzene rings is 14. The van der Waals surface area contributed by atoms with Crippen molar-refractivity contribution in [1.29, 1.82) is 0 Å². The minimum absolute atomic E-state index is 0.0442. The van der Waals surface area contributed by atoms with Crippen LogP contribution in [0.3, 0.4) is 0 Å². The van der Waals surface area contributed by atoms with Gasteiger partial charge in [-0.25, -0.2) is 9.97 Å². The number of hydrogen-bond acceptors (Lipinski definition) is 7. The van der Waals surface area contributed by atoms with E-state index in [4.69, 9.17) is 18.8 Å². The maximum Gasteiger partial charge on any atom is 0.160 e. The monoisotopic (exact) mass is 1610 g/mol. The molecule has 590 valence electrons. The van der Waals surface area contributed by atoms with E-state index in [0.29, 0.717) is 5.82 Å². The molecule has 7 nitrogen and oxygen atoms in total. The average Bonchev–Trinajstić information content (AvgIpc) is 1.50. The van der Waals surface area contributed by atoms with Crippen molar-refractivity contribution in [3.8, 4) is 44.8 Å². The molecule has 0 saturated carbocycles. The second kappa shape index (κ2) is 27.5. The molecule has 7 heteroatoms. The van der Waals surface area contributed by atoms with Crippen LogP contribution in [0.5, 0.6) is 0 Å². The highest BCUT2D eigenvalue weighted by Crippen LogP contribution is 2.70. The third kappa shape index (κ3) is 10.4. The van der Waals surface area contributed by atoms with Crippen molar-refractivity contribution in [3.63, 3.8) is 0 Å². The molecule has 9 aliphatic rings. The molecular weight excluding hydrogens is 1530 g/mol. The van der Waals surface area contributed by atoms with E-state index < -0.39 is 0 Å². The summed E-state index contributed by atoms with van der Waals surface area (Å²) in [5.74, 6) is 1.14. The predicted molar refractivity (Wildman–Crippen MR) is 523 cm³/mol. The summed E-state index contributed by atoms with van der Waals surface area (Å²) in [7, 11) is 0. The molecule has 0 amide bonds. The number of rotatable bonds is 11. The standard InChI is InChI=1S/C119H77N5O2/c1-3-24-72(25-4-1)74-50-53-85(54-51-74)124(105-47-21-45-102-110(105)96-38-15-18-44-101(96)119(102)99-42-16-13-36-89(99)90-37-14-17-43-100(90)119)108-61-57-92-93-55-59-107(123-63-23-41-91-88(39-20-46-104(91)123)80-49-48-73-26-7-8-29-76(73)64-80)116-113(93)114-94(56-60-106(115(114)126-116)122-62-22-33-82-66-81(52-58-103(82)122)87-35-12-11-34-86(87)75-27-5-2-6-28-75)98-68-83(69-109-111(98)112(92)117(108)125-109)84-70-120-118(121-71-84)95-40-19-32-79-65-77-30-9-10-31-78(77)67-97(79)95/h1-71,96,99-101,103-104H. The van der Waals surface area contributed by atoms with Gasteiger partial charge in [-0.15, -0.1) is 0 Å². The highest BCUT2D eigenvalue weighted by atomic mass is 16.3. The molecule has 3 aromatic heterocycles. The summed E-state index contributed by atoms with van der Waals surface area (Å²) < 4.78 is 16.3.